The first-order chi connectivity index (χ1) is 15.6. The summed E-state index contributed by atoms with van der Waals surface area (Å²) in [5, 5.41) is 14.9. The quantitative estimate of drug-likeness (QED) is 0.179. The standard InChI is InChI=1S/C22H39N7O5/c1-12(2)11-15(27-21(33)34-22(4,5)6)17-28-16(13(3)29(17)7)18(30)26-14(19(31)32)9-8-10-25-20(23)24/h12,14-15H,8-11H2,1-7H3,(H,26,30)(H,27,33)(H,31,32)(H4,23,24,25)/t14-,15?/m0/s1. The zero-order valence-electron chi connectivity index (χ0n) is 21.1. The van der Waals surface area contributed by atoms with Crippen LogP contribution in [0.2, 0.25) is 0 Å². The zero-order chi connectivity index (χ0) is 26.2. The normalized spacial score (nSPS) is 13.2. The average molecular weight is 482 g/mol. The number of nitrogens with two attached hydrogens (primary N) is 2. The number of imidazole rings is 1. The molecule has 2 atom stereocenters. The first kappa shape index (κ1) is 28.7. The molecule has 0 aliphatic heterocycles. The van der Waals surface area contributed by atoms with E-state index < -0.39 is 35.7 Å². The number of aromatic nitrogens is 2. The minimum absolute atomic E-state index is 0.0801. The Hall–Kier alpha value is -3.31. The number of rotatable bonds is 11. The topological polar surface area (TPSA) is 187 Å². The molecule has 34 heavy (non-hydrogen) atoms. The van der Waals surface area contributed by atoms with E-state index in [-0.39, 0.29) is 30.5 Å². The van der Waals surface area contributed by atoms with Crippen molar-refractivity contribution in [1.29, 1.82) is 0 Å². The summed E-state index contributed by atoms with van der Waals surface area (Å²) in [6, 6.07) is -1.63. The summed E-state index contributed by atoms with van der Waals surface area (Å²) in [6.45, 7) is 11.3. The van der Waals surface area contributed by atoms with Crippen LogP contribution in [0.1, 0.15) is 81.9 Å². The highest BCUT2D eigenvalue weighted by atomic mass is 16.6. The predicted molar refractivity (Wildman–Crippen MR) is 128 cm³/mol. The van der Waals surface area contributed by atoms with E-state index in [2.05, 4.69) is 20.6 Å². The number of aliphatic imine (C=N–C) groups is 1. The van der Waals surface area contributed by atoms with Crippen LogP contribution in [-0.2, 0) is 16.6 Å². The molecule has 12 heteroatoms. The number of amides is 2. The van der Waals surface area contributed by atoms with Gasteiger partial charge in [-0.3, -0.25) is 9.79 Å². The van der Waals surface area contributed by atoms with Gasteiger partial charge >= 0.3 is 12.1 Å². The van der Waals surface area contributed by atoms with E-state index in [1.165, 1.54) is 0 Å². The number of nitrogens with one attached hydrogen (secondary N) is 2. The highest BCUT2D eigenvalue weighted by molar-refractivity contribution is 5.96. The second kappa shape index (κ2) is 12.2. The molecule has 0 aliphatic carbocycles. The van der Waals surface area contributed by atoms with Crippen molar-refractivity contribution in [2.75, 3.05) is 6.54 Å². The van der Waals surface area contributed by atoms with Crippen LogP contribution in [0.15, 0.2) is 4.99 Å². The van der Waals surface area contributed by atoms with Gasteiger partial charge in [-0.15, -0.1) is 0 Å². The van der Waals surface area contributed by atoms with Crippen molar-refractivity contribution in [2.24, 2.45) is 29.4 Å². The number of carbonyl (C=O) groups is 3. The highest BCUT2D eigenvalue weighted by Crippen LogP contribution is 2.23. The Bertz CT molecular complexity index is 898. The Morgan fingerprint density at radius 1 is 1.21 bits per heavy atom. The van der Waals surface area contributed by atoms with Crippen LogP contribution < -0.4 is 22.1 Å². The molecule has 0 spiro atoms. The summed E-state index contributed by atoms with van der Waals surface area (Å²) >= 11 is 0. The molecule has 1 unspecified atom stereocenters. The van der Waals surface area contributed by atoms with Gasteiger partial charge in [0.15, 0.2) is 5.96 Å². The van der Waals surface area contributed by atoms with Gasteiger partial charge in [0.05, 0.1) is 6.04 Å². The van der Waals surface area contributed by atoms with Crippen LogP contribution in [0.25, 0.3) is 0 Å². The molecule has 12 nitrogen and oxygen atoms in total. The number of ether oxygens (including phenoxy) is 1. The van der Waals surface area contributed by atoms with Crippen LogP contribution >= 0.6 is 0 Å². The van der Waals surface area contributed by atoms with E-state index in [1.54, 1.807) is 39.3 Å². The van der Waals surface area contributed by atoms with E-state index in [0.29, 0.717) is 24.4 Å². The number of aliphatic carboxylic acids is 1. The van der Waals surface area contributed by atoms with Gasteiger partial charge in [-0.05, 0) is 52.9 Å². The number of nitrogens with zero attached hydrogens (tertiary/aromatic N) is 3. The number of carbonyl (C=O) groups excluding carboxylic acids is 2. The van der Waals surface area contributed by atoms with Gasteiger partial charge in [-0.25, -0.2) is 14.6 Å². The van der Waals surface area contributed by atoms with Crippen molar-refractivity contribution in [1.82, 2.24) is 20.2 Å². The van der Waals surface area contributed by atoms with Crippen molar-refractivity contribution in [2.45, 2.75) is 78.5 Å². The molecular formula is C22H39N7O5. The Labute approximate surface area is 200 Å². The second-order valence-electron chi connectivity index (χ2n) is 9.60. The minimum Gasteiger partial charge on any atom is -0.480 e. The molecule has 2 amide bonds. The fourth-order valence-electron chi connectivity index (χ4n) is 3.27. The number of carboxylic acids is 1. The SMILES string of the molecule is Cc1c(C(=O)N[C@@H](CCCN=C(N)N)C(=O)O)nc(C(CC(C)C)NC(=O)OC(C)(C)C)n1C. The summed E-state index contributed by atoms with van der Waals surface area (Å²) in [7, 11) is 1.74. The Kier molecular flexibility index (Phi) is 10.3. The zero-order valence-corrected chi connectivity index (χ0v) is 21.1. The smallest absolute Gasteiger partial charge is 0.408 e. The fraction of sp³-hybridized carbons (Fsp3) is 0.682. The van der Waals surface area contributed by atoms with E-state index in [4.69, 9.17) is 16.2 Å². The highest BCUT2D eigenvalue weighted by Gasteiger charge is 2.29. The monoisotopic (exact) mass is 481 g/mol. The second-order valence-corrected chi connectivity index (χ2v) is 9.60. The van der Waals surface area contributed by atoms with E-state index in [1.807, 2.05) is 13.8 Å². The molecule has 0 aliphatic rings. The molecule has 1 aromatic heterocycles. The molecule has 0 fully saturated rings. The molecular weight excluding hydrogens is 442 g/mol. The largest absolute Gasteiger partial charge is 0.480 e. The number of carboxylic acid groups (broad SMARTS) is 1. The van der Waals surface area contributed by atoms with Crippen molar-refractivity contribution in [3.05, 3.63) is 17.2 Å². The summed E-state index contributed by atoms with van der Waals surface area (Å²) in [5.74, 6) is -1.17. The number of hydrogen-bond donors (Lipinski definition) is 5. The third-order valence-electron chi connectivity index (χ3n) is 4.89. The Balaban J connectivity index is 3.09. The van der Waals surface area contributed by atoms with Gasteiger partial charge in [-0.2, -0.15) is 0 Å². The lowest BCUT2D eigenvalue weighted by Crippen LogP contribution is -2.41. The lowest BCUT2D eigenvalue weighted by molar-refractivity contribution is -0.139. The molecule has 0 aromatic carbocycles. The number of hydrogen-bond acceptors (Lipinski definition) is 6. The fourth-order valence-corrected chi connectivity index (χ4v) is 3.27. The molecule has 1 aromatic rings. The predicted octanol–water partition coefficient (Wildman–Crippen LogP) is 1.58. The number of guanidine groups is 1. The summed E-state index contributed by atoms with van der Waals surface area (Å²) in [5.41, 5.74) is 10.5. The van der Waals surface area contributed by atoms with Crippen LogP contribution in [0, 0.1) is 12.8 Å². The molecule has 0 saturated heterocycles. The van der Waals surface area contributed by atoms with E-state index >= 15 is 0 Å². The summed E-state index contributed by atoms with van der Waals surface area (Å²) in [4.78, 5) is 45.2. The van der Waals surface area contributed by atoms with Gasteiger partial charge in [0.2, 0.25) is 0 Å². The molecule has 1 rings (SSSR count). The van der Waals surface area contributed by atoms with E-state index in [0.717, 1.165) is 0 Å². The first-order valence-corrected chi connectivity index (χ1v) is 11.2. The van der Waals surface area contributed by atoms with Crippen molar-refractivity contribution < 1.29 is 24.2 Å². The van der Waals surface area contributed by atoms with Gasteiger partial charge < -0.3 is 36.5 Å². The third-order valence-corrected chi connectivity index (χ3v) is 4.89. The average Bonchev–Trinajstić information content (AvgIpc) is 2.96. The summed E-state index contributed by atoms with van der Waals surface area (Å²) < 4.78 is 7.10. The van der Waals surface area contributed by atoms with Crippen molar-refractivity contribution >= 4 is 23.9 Å². The molecule has 7 N–H and O–H groups in total. The van der Waals surface area contributed by atoms with Gasteiger partial charge in [0.25, 0.3) is 5.91 Å². The molecule has 0 saturated carbocycles. The number of alkyl carbamates (subject to hydrolysis) is 1. The van der Waals surface area contributed by atoms with Crippen LogP contribution in [0.4, 0.5) is 4.79 Å². The molecule has 0 radical (unpaired) electrons. The van der Waals surface area contributed by atoms with Gasteiger partial charge in [0, 0.05) is 19.3 Å². The van der Waals surface area contributed by atoms with Gasteiger partial charge in [-0.1, -0.05) is 13.8 Å². The van der Waals surface area contributed by atoms with Crippen LogP contribution in [0.5, 0.6) is 0 Å². The lowest BCUT2D eigenvalue weighted by Gasteiger charge is -2.24. The molecule has 192 valence electrons. The Morgan fingerprint density at radius 2 is 1.82 bits per heavy atom. The summed E-state index contributed by atoms with van der Waals surface area (Å²) in [6.07, 6.45) is 0.495. The maximum Gasteiger partial charge on any atom is 0.408 e. The van der Waals surface area contributed by atoms with Crippen molar-refractivity contribution in [3.63, 3.8) is 0 Å². The molecule has 1 heterocycles. The Morgan fingerprint density at radius 3 is 2.32 bits per heavy atom. The maximum atomic E-state index is 12.9. The minimum atomic E-state index is -1.17. The van der Waals surface area contributed by atoms with Crippen molar-refractivity contribution in [3.8, 4) is 0 Å². The first-order valence-electron chi connectivity index (χ1n) is 11.2. The lowest BCUT2D eigenvalue weighted by atomic mass is 10.0. The van der Waals surface area contributed by atoms with Gasteiger partial charge in [0.1, 0.15) is 23.2 Å². The van der Waals surface area contributed by atoms with Crippen LogP contribution in [0.3, 0.4) is 0 Å². The third kappa shape index (κ3) is 9.28. The maximum absolute atomic E-state index is 12.9. The van der Waals surface area contributed by atoms with E-state index in [9.17, 15) is 19.5 Å². The van der Waals surface area contributed by atoms with Crippen LogP contribution in [-0.4, -0.2) is 56.8 Å². The molecule has 0 bridgehead atoms.